The zero-order valence-corrected chi connectivity index (χ0v) is 10.9. The zero-order chi connectivity index (χ0) is 14.8. The minimum absolute atomic E-state index is 0.0950. The van der Waals surface area contributed by atoms with Crippen LogP contribution >= 0.6 is 0 Å². The molecule has 0 fully saturated rings. The van der Waals surface area contributed by atoms with Gasteiger partial charge in [0.25, 0.3) is 5.82 Å². The Labute approximate surface area is 112 Å². The number of halogens is 3. The first-order chi connectivity index (χ1) is 9.40. The summed E-state index contributed by atoms with van der Waals surface area (Å²) in [6.45, 7) is 3.17. The first kappa shape index (κ1) is 14.4. The fraction of sp³-hybridized carbons (Fsp3) is 0.600. The molecular formula is C10H13F3N6O. The molecule has 0 unspecified atom stereocenters. The normalized spacial score (nSPS) is 12.3. The molecule has 0 aliphatic rings. The predicted molar refractivity (Wildman–Crippen MR) is 60.2 cm³/mol. The van der Waals surface area contributed by atoms with Crippen molar-refractivity contribution in [2.45, 2.75) is 32.7 Å². The molecule has 2 heterocycles. The van der Waals surface area contributed by atoms with Crippen LogP contribution in [-0.4, -0.2) is 36.9 Å². The molecular weight excluding hydrogens is 277 g/mol. The van der Waals surface area contributed by atoms with Crippen LogP contribution in [0.3, 0.4) is 0 Å². The van der Waals surface area contributed by atoms with Crippen LogP contribution in [0.5, 0.6) is 0 Å². The van der Waals surface area contributed by atoms with Crippen LogP contribution in [0.1, 0.15) is 24.5 Å². The molecule has 0 aliphatic heterocycles. The number of hydrogen-bond acceptors (Lipinski definition) is 6. The number of aryl methyl sites for hydroxylation is 1. The molecule has 20 heavy (non-hydrogen) atoms. The van der Waals surface area contributed by atoms with Gasteiger partial charge in [0, 0.05) is 6.54 Å². The van der Waals surface area contributed by atoms with Gasteiger partial charge in [0.2, 0.25) is 5.89 Å². The lowest BCUT2D eigenvalue weighted by Gasteiger charge is -2.13. The van der Waals surface area contributed by atoms with Crippen LogP contribution in [0.4, 0.5) is 13.2 Å². The van der Waals surface area contributed by atoms with E-state index in [9.17, 15) is 13.2 Å². The van der Waals surface area contributed by atoms with Gasteiger partial charge in [-0.15, -0.1) is 10.2 Å². The van der Waals surface area contributed by atoms with E-state index in [0.29, 0.717) is 12.4 Å². The Hall–Kier alpha value is -1.97. The third kappa shape index (κ3) is 3.32. The van der Waals surface area contributed by atoms with Gasteiger partial charge < -0.3 is 9.09 Å². The van der Waals surface area contributed by atoms with Crippen molar-refractivity contribution < 1.29 is 17.7 Å². The van der Waals surface area contributed by atoms with Gasteiger partial charge >= 0.3 is 6.18 Å². The van der Waals surface area contributed by atoms with E-state index in [-0.39, 0.29) is 12.4 Å². The second-order valence-electron chi connectivity index (χ2n) is 4.21. The van der Waals surface area contributed by atoms with Crippen LogP contribution in [0.2, 0.25) is 0 Å². The summed E-state index contributed by atoms with van der Waals surface area (Å²) in [5.74, 6) is -0.648. The van der Waals surface area contributed by atoms with Gasteiger partial charge in [-0.05, 0) is 14.0 Å². The number of aromatic nitrogens is 5. The van der Waals surface area contributed by atoms with Crippen LogP contribution in [0, 0.1) is 0 Å². The average molecular weight is 290 g/mol. The molecule has 0 amide bonds. The van der Waals surface area contributed by atoms with Crippen molar-refractivity contribution in [1.82, 2.24) is 29.8 Å². The number of rotatable bonds is 5. The summed E-state index contributed by atoms with van der Waals surface area (Å²) in [4.78, 5) is 5.02. The summed E-state index contributed by atoms with van der Waals surface area (Å²) < 4.78 is 43.4. The highest BCUT2D eigenvalue weighted by molar-refractivity contribution is 4.91. The quantitative estimate of drug-likeness (QED) is 0.827. The molecule has 110 valence electrons. The highest BCUT2D eigenvalue weighted by Gasteiger charge is 2.37. The highest BCUT2D eigenvalue weighted by Crippen LogP contribution is 2.26. The first-order valence-corrected chi connectivity index (χ1v) is 5.85. The van der Waals surface area contributed by atoms with Crippen LogP contribution in [-0.2, 0) is 25.8 Å². The largest absolute Gasteiger partial charge is 0.455 e. The Morgan fingerprint density at radius 2 is 2.10 bits per heavy atom. The lowest BCUT2D eigenvalue weighted by molar-refractivity contribution is -0.146. The van der Waals surface area contributed by atoms with Crippen molar-refractivity contribution >= 4 is 0 Å². The minimum Gasteiger partial charge on any atom is -0.338 e. The maximum Gasteiger partial charge on any atom is 0.455 e. The monoisotopic (exact) mass is 290 g/mol. The molecule has 7 nitrogen and oxygen atoms in total. The Morgan fingerprint density at radius 1 is 1.35 bits per heavy atom. The van der Waals surface area contributed by atoms with Gasteiger partial charge in [-0.1, -0.05) is 5.16 Å². The summed E-state index contributed by atoms with van der Waals surface area (Å²) in [6.07, 6.45) is -3.00. The van der Waals surface area contributed by atoms with Crippen molar-refractivity contribution in [3.05, 3.63) is 23.9 Å². The molecule has 0 spiro atoms. The molecule has 0 saturated carbocycles. The predicted octanol–water partition coefficient (Wildman–Crippen LogP) is 1.33. The standard InChI is InChI=1S/C10H13F3N6O/c1-3-19-6-14-16-7(19)4-18(2)5-8-15-9(17-20-8)10(11,12)13/h6H,3-5H2,1-2H3. The molecule has 0 aliphatic carbocycles. The molecule has 2 aromatic heterocycles. The maximum absolute atomic E-state index is 12.3. The van der Waals surface area contributed by atoms with Crippen molar-refractivity contribution in [2.24, 2.45) is 0 Å². The topological polar surface area (TPSA) is 72.9 Å². The Balaban J connectivity index is 1.98. The maximum atomic E-state index is 12.3. The molecule has 2 rings (SSSR count). The molecule has 0 N–H and O–H groups in total. The molecule has 0 bridgehead atoms. The average Bonchev–Trinajstić information content (AvgIpc) is 2.97. The van der Waals surface area contributed by atoms with Gasteiger partial charge in [0.1, 0.15) is 12.2 Å². The Morgan fingerprint density at radius 3 is 2.70 bits per heavy atom. The van der Waals surface area contributed by atoms with E-state index in [2.05, 4.69) is 24.9 Å². The molecule has 2 aromatic rings. The van der Waals surface area contributed by atoms with Crippen molar-refractivity contribution in [3.63, 3.8) is 0 Å². The van der Waals surface area contributed by atoms with Crippen LogP contribution in [0.15, 0.2) is 10.9 Å². The molecule has 10 heteroatoms. The van der Waals surface area contributed by atoms with Gasteiger partial charge in [-0.3, -0.25) is 4.90 Å². The van der Waals surface area contributed by atoms with E-state index < -0.39 is 12.0 Å². The molecule has 0 atom stereocenters. The second kappa shape index (κ2) is 5.57. The Bertz CT molecular complexity index is 563. The van der Waals surface area contributed by atoms with E-state index in [0.717, 1.165) is 6.54 Å². The summed E-state index contributed by atoms with van der Waals surface area (Å²) in [5, 5.41) is 10.6. The van der Waals surface area contributed by atoms with Crippen molar-refractivity contribution in [2.75, 3.05) is 7.05 Å². The third-order valence-corrected chi connectivity index (χ3v) is 2.57. The number of alkyl halides is 3. The van der Waals surface area contributed by atoms with Gasteiger partial charge in [-0.2, -0.15) is 18.2 Å². The van der Waals surface area contributed by atoms with Gasteiger partial charge in [0.05, 0.1) is 13.1 Å². The third-order valence-electron chi connectivity index (χ3n) is 2.57. The first-order valence-electron chi connectivity index (χ1n) is 5.85. The summed E-state index contributed by atoms with van der Waals surface area (Å²) in [6, 6.07) is 0. The summed E-state index contributed by atoms with van der Waals surface area (Å²) in [7, 11) is 1.71. The fourth-order valence-corrected chi connectivity index (χ4v) is 1.63. The van der Waals surface area contributed by atoms with Gasteiger partial charge in [-0.25, -0.2) is 0 Å². The van der Waals surface area contributed by atoms with E-state index in [1.807, 2.05) is 11.5 Å². The lowest BCUT2D eigenvalue weighted by Crippen LogP contribution is -2.20. The van der Waals surface area contributed by atoms with E-state index in [1.54, 1.807) is 18.3 Å². The number of nitrogens with zero attached hydrogens (tertiary/aromatic N) is 6. The second-order valence-corrected chi connectivity index (χ2v) is 4.21. The van der Waals surface area contributed by atoms with Crippen LogP contribution < -0.4 is 0 Å². The summed E-state index contributed by atoms with van der Waals surface area (Å²) in [5.41, 5.74) is 0. The fourth-order valence-electron chi connectivity index (χ4n) is 1.63. The van der Waals surface area contributed by atoms with Crippen molar-refractivity contribution in [1.29, 1.82) is 0 Å². The smallest absolute Gasteiger partial charge is 0.338 e. The highest BCUT2D eigenvalue weighted by atomic mass is 19.4. The minimum atomic E-state index is -4.59. The number of hydrogen-bond donors (Lipinski definition) is 0. The van der Waals surface area contributed by atoms with E-state index >= 15 is 0 Å². The van der Waals surface area contributed by atoms with Crippen molar-refractivity contribution in [3.8, 4) is 0 Å². The summed E-state index contributed by atoms with van der Waals surface area (Å²) >= 11 is 0. The van der Waals surface area contributed by atoms with Crippen LogP contribution in [0.25, 0.3) is 0 Å². The zero-order valence-electron chi connectivity index (χ0n) is 10.9. The van der Waals surface area contributed by atoms with Gasteiger partial charge in [0.15, 0.2) is 0 Å². The Kier molecular flexibility index (Phi) is 4.02. The molecule has 0 aromatic carbocycles. The van der Waals surface area contributed by atoms with E-state index in [4.69, 9.17) is 0 Å². The molecule has 0 saturated heterocycles. The van der Waals surface area contributed by atoms with E-state index in [1.165, 1.54) is 0 Å². The lowest BCUT2D eigenvalue weighted by atomic mass is 10.4. The SMILES string of the molecule is CCn1cnnc1CN(C)Cc1nc(C(F)(F)F)no1. The molecule has 0 radical (unpaired) electrons.